The summed E-state index contributed by atoms with van der Waals surface area (Å²) in [5.41, 5.74) is 5.39. The standard InChI is InChI=1S/C11H18N2O2/c1-8(5-6-12)11(14)13-9(2)10-4-3-7-15-10/h3-4,7-9H,5-6,12H2,1-2H3,(H,13,14)/t8?,9-/m1/s1. The van der Waals surface area contributed by atoms with Crippen LogP contribution >= 0.6 is 0 Å². The molecule has 1 rings (SSSR count). The molecule has 1 heterocycles. The molecule has 0 saturated carbocycles. The highest BCUT2D eigenvalue weighted by atomic mass is 16.3. The third kappa shape index (κ3) is 3.40. The van der Waals surface area contributed by atoms with Gasteiger partial charge in [-0.1, -0.05) is 6.92 Å². The molecular formula is C11H18N2O2. The molecule has 2 atom stereocenters. The van der Waals surface area contributed by atoms with Crippen LogP contribution in [0.3, 0.4) is 0 Å². The fraction of sp³-hybridized carbons (Fsp3) is 0.545. The minimum Gasteiger partial charge on any atom is -0.467 e. The first-order valence-corrected chi connectivity index (χ1v) is 5.19. The fourth-order valence-corrected chi connectivity index (χ4v) is 1.35. The second-order valence-corrected chi connectivity index (χ2v) is 3.72. The van der Waals surface area contributed by atoms with Crippen molar-refractivity contribution in [3.63, 3.8) is 0 Å². The van der Waals surface area contributed by atoms with E-state index in [0.29, 0.717) is 13.0 Å². The van der Waals surface area contributed by atoms with Crippen molar-refractivity contribution in [3.8, 4) is 0 Å². The van der Waals surface area contributed by atoms with Crippen LogP contribution in [0.25, 0.3) is 0 Å². The lowest BCUT2D eigenvalue weighted by atomic mass is 10.1. The Morgan fingerprint density at radius 1 is 1.60 bits per heavy atom. The highest BCUT2D eigenvalue weighted by Gasteiger charge is 2.16. The minimum absolute atomic E-state index is 0.0179. The van der Waals surface area contributed by atoms with E-state index in [4.69, 9.17) is 10.2 Å². The van der Waals surface area contributed by atoms with E-state index in [-0.39, 0.29) is 17.9 Å². The Bertz CT molecular complexity index is 296. The molecule has 0 bridgehead atoms. The molecule has 0 radical (unpaired) electrons. The van der Waals surface area contributed by atoms with Crippen molar-refractivity contribution in [2.75, 3.05) is 6.54 Å². The predicted molar refractivity (Wildman–Crippen MR) is 58.1 cm³/mol. The van der Waals surface area contributed by atoms with E-state index >= 15 is 0 Å². The number of furan rings is 1. The first-order valence-electron chi connectivity index (χ1n) is 5.19. The molecule has 1 aromatic heterocycles. The lowest BCUT2D eigenvalue weighted by Gasteiger charge is -2.15. The number of amides is 1. The van der Waals surface area contributed by atoms with Crippen LogP contribution in [0.1, 0.15) is 32.1 Å². The van der Waals surface area contributed by atoms with Crippen molar-refractivity contribution >= 4 is 5.91 Å². The second-order valence-electron chi connectivity index (χ2n) is 3.72. The molecule has 4 nitrogen and oxygen atoms in total. The van der Waals surface area contributed by atoms with Gasteiger partial charge in [-0.2, -0.15) is 0 Å². The molecule has 0 spiro atoms. The van der Waals surface area contributed by atoms with Crippen molar-refractivity contribution in [2.45, 2.75) is 26.3 Å². The van der Waals surface area contributed by atoms with Crippen LogP contribution in [0.5, 0.6) is 0 Å². The highest BCUT2D eigenvalue weighted by Crippen LogP contribution is 2.13. The highest BCUT2D eigenvalue weighted by molar-refractivity contribution is 5.78. The van der Waals surface area contributed by atoms with E-state index in [2.05, 4.69) is 5.32 Å². The lowest BCUT2D eigenvalue weighted by Crippen LogP contribution is -2.32. The summed E-state index contributed by atoms with van der Waals surface area (Å²) in [6.07, 6.45) is 2.30. The van der Waals surface area contributed by atoms with Crippen LogP contribution in [0.15, 0.2) is 22.8 Å². The first kappa shape index (κ1) is 11.8. The lowest BCUT2D eigenvalue weighted by molar-refractivity contribution is -0.125. The average Bonchev–Trinajstić information content (AvgIpc) is 2.70. The molecule has 4 heteroatoms. The predicted octanol–water partition coefficient (Wildman–Crippen LogP) is 1.44. The van der Waals surface area contributed by atoms with E-state index in [1.54, 1.807) is 12.3 Å². The van der Waals surface area contributed by atoms with Crippen LogP contribution in [-0.2, 0) is 4.79 Å². The van der Waals surface area contributed by atoms with E-state index in [1.165, 1.54) is 0 Å². The topological polar surface area (TPSA) is 68.3 Å². The molecule has 3 N–H and O–H groups in total. The summed E-state index contributed by atoms with van der Waals surface area (Å²) in [7, 11) is 0. The Labute approximate surface area is 89.8 Å². The molecule has 0 fully saturated rings. The fourth-order valence-electron chi connectivity index (χ4n) is 1.35. The summed E-state index contributed by atoms with van der Waals surface area (Å²) >= 11 is 0. The van der Waals surface area contributed by atoms with Crippen LogP contribution in [-0.4, -0.2) is 12.5 Å². The number of hydrogen-bond acceptors (Lipinski definition) is 3. The third-order valence-electron chi connectivity index (χ3n) is 2.38. The van der Waals surface area contributed by atoms with Crippen LogP contribution in [0.2, 0.25) is 0 Å². The van der Waals surface area contributed by atoms with Gasteiger partial charge in [-0.25, -0.2) is 0 Å². The summed E-state index contributed by atoms with van der Waals surface area (Å²) in [5.74, 6) is 0.736. The maximum absolute atomic E-state index is 11.6. The Morgan fingerprint density at radius 3 is 2.87 bits per heavy atom. The van der Waals surface area contributed by atoms with Gasteiger partial charge in [0.25, 0.3) is 0 Å². The Morgan fingerprint density at radius 2 is 2.33 bits per heavy atom. The number of nitrogens with one attached hydrogen (secondary N) is 1. The largest absolute Gasteiger partial charge is 0.467 e. The Balaban J connectivity index is 2.44. The maximum Gasteiger partial charge on any atom is 0.223 e. The van der Waals surface area contributed by atoms with Gasteiger partial charge < -0.3 is 15.5 Å². The second kappa shape index (κ2) is 5.56. The number of nitrogens with two attached hydrogens (primary N) is 1. The van der Waals surface area contributed by atoms with E-state index < -0.39 is 0 Å². The molecule has 1 amide bonds. The average molecular weight is 210 g/mol. The van der Waals surface area contributed by atoms with Crippen molar-refractivity contribution in [1.29, 1.82) is 0 Å². The van der Waals surface area contributed by atoms with Crippen LogP contribution < -0.4 is 11.1 Å². The van der Waals surface area contributed by atoms with Crippen molar-refractivity contribution in [2.24, 2.45) is 11.7 Å². The number of hydrogen-bond donors (Lipinski definition) is 2. The molecule has 0 aliphatic carbocycles. The third-order valence-corrected chi connectivity index (χ3v) is 2.38. The van der Waals surface area contributed by atoms with E-state index in [1.807, 2.05) is 19.9 Å². The summed E-state index contributed by atoms with van der Waals surface area (Å²) in [6.45, 7) is 4.30. The van der Waals surface area contributed by atoms with Crippen molar-refractivity contribution in [3.05, 3.63) is 24.2 Å². The number of carbonyl (C=O) groups is 1. The van der Waals surface area contributed by atoms with Crippen molar-refractivity contribution in [1.82, 2.24) is 5.32 Å². The van der Waals surface area contributed by atoms with Gasteiger partial charge in [-0.3, -0.25) is 4.79 Å². The van der Waals surface area contributed by atoms with Gasteiger partial charge in [0.2, 0.25) is 5.91 Å². The van der Waals surface area contributed by atoms with Gasteiger partial charge in [0.05, 0.1) is 12.3 Å². The number of rotatable bonds is 5. The van der Waals surface area contributed by atoms with Gasteiger partial charge in [0.1, 0.15) is 5.76 Å². The zero-order chi connectivity index (χ0) is 11.3. The van der Waals surface area contributed by atoms with Crippen molar-refractivity contribution < 1.29 is 9.21 Å². The summed E-state index contributed by atoms with van der Waals surface area (Å²) in [5, 5.41) is 2.88. The monoisotopic (exact) mass is 210 g/mol. The van der Waals surface area contributed by atoms with Gasteiger partial charge in [-0.15, -0.1) is 0 Å². The van der Waals surface area contributed by atoms with Crippen LogP contribution in [0, 0.1) is 5.92 Å². The Hall–Kier alpha value is -1.29. The molecule has 84 valence electrons. The Kier molecular flexibility index (Phi) is 4.37. The maximum atomic E-state index is 11.6. The zero-order valence-corrected chi connectivity index (χ0v) is 9.19. The van der Waals surface area contributed by atoms with Gasteiger partial charge in [0, 0.05) is 5.92 Å². The number of carbonyl (C=O) groups excluding carboxylic acids is 1. The quantitative estimate of drug-likeness (QED) is 0.772. The normalized spacial score (nSPS) is 14.6. The molecule has 15 heavy (non-hydrogen) atoms. The molecule has 0 aliphatic heterocycles. The van der Waals surface area contributed by atoms with Gasteiger partial charge in [-0.05, 0) is 32.0 Å². The summed E-state index contributed by atoms with van der Waals surface area (Å²) < 4.78 is 5.20. The SMILES string of the molecule is CC(CCN)C(=O)N[C@H](C)c1ccco1. The summed E-state index contributed by atoms with van der Waals surface area (Å²) in [4.78, 5) is 11.6. The smallest absolute Gasteiger partial charge is 0.223 e. The molecule has 0 saturated heterocycles. The van der Waals surface area contributed by atoms with Gasteiger partial charge in [0.15, 0.2) is 0 Å². The summed E-state index contributed by atoms with van der Waals surface area (Å²) in [6, 6.07) is 3.56. The van der Waals surface area contributed by atoms with Gasteiger partial charge >= 0.3 is 0 Å². The minimum atomic E-state index is -0.0901. The molecule has 1 aromatic rings. The van der Waals surface area contributed by atoms with E-state index in [9.17, 15) is 4.79 Å². The molecular weight excluding hydrogens is 192 g/mol. The zero-order valence-electron chi connectivity index (χ0n) is 9.19. The molecule has 0 aromatic carbocycles. The molecule has 0 aliphatic rings. The van der Waals surface area contributed by atoms with Crippen LogP contribution in [0.4, 0.5) is 0 Å². The van der Waals surface area contributed by atoms with E-state index in [0.717, 1.165) is 5.76 Å². The first-order chi connectivity index (χ1) is 7.15. The molecule has 1 unspecified atom stereocenters.